The number of urea groups is 1. The lowest BCUT2D eigenvalue weighted by Gasteiger charge is -2.29. The number of ether oxygens (including phenoxy) is 1. The molecular formula is C22H20N4O6. The molecule has 4 rings (SSSR count). The van der Waals surface area contributed by atoms with Gasteiger partial charge in [0.25, 0.3) is 11.8 Å². The Hall–Kier alpha value is -4.21. The third-order valence-corrected chi connectivity index (χ3v) is 5.38. The molecule has 0 saturated carbocycles. The molecule has 2 aliphatic heterocycles. The monoisotopic (exact) mass is 436 g/mol. The van der Waals surface area contributed by atoms with E-state index in [2.05, 4.69) is 16.0 Å². The van der Waals surface area contributed by atoms with Crippen molar-refractivity contribution in [3.8, 4) is 5.75 Å². The second-order valence-electron chi connectivity index (χ2n) is 7.35. The van der Waals surface area contributed by atoms with Crippen LogP contribution in [0.3, 0.4) is 0 Å². The van der Waals surface area contributed by atoms with Crippen molar-refractivity contribution < 1.29 is 28.7 Å². The van der Waals surface area contributed by atoms with Crippen molar-refractivity contribution >= 4 is 35.3 Å². The molecule has 1 unspecified atom stereocenters. The van der Waals surface area contributed by atoms with Crippen LogP contribution in [0.15, 0.2) is 42.5 Å². The van der Waals surface area contributed by atoms with Gasteiger partial charge in [0, 0.05) is 13.0 Å². The summed E-state index contributed by atoms with van der Waals surface area (Å²) in [5.74, 6) is -1.75. The maximum absolute atomic E-state index is 13.1. The standard InChI is InChI=1S/C22H20N4O6/c1-32-16-8-3-2-7-14(16)23-22(31)25-19(28)13-6-4-5-12-11-26(21(30)18(12)13)15-9-10-17(27)24-20(15)29/h2-8,15H,9-11H2,1H3,(H,24,27,29)(H2,23,25,28,31). The molecule has 1 saturated heterocycles. The normalized spacial score (nSPS) is 17.5. The van der Waals surface area contributed by atoms with E-state index in [0.717, 1.165) is 0 Å². The number of anilines is 1. The number of imide groups is 2. The quantitative estimate of drug-likeness (QED) is 0.621. The van der Waals surface area contributed by atoms with Crippen LogP contribution in [-0.2, 0) is 16.1 Å². The fraction of sp³-hybridized carbons (Fsp3) is 0.227. The molecule has 2 heterocycles. The summed E-state index contributed by atoms with van der Waals surface area (Å²) < 4.78 is 5.16. The van der Waals surface area contributed by atoms with E-state index < -0.39 is 29.8 Å². The van der Waals surface area contributed by atoms with Gasteiger partial charge in [-0.1, -0.05) is 24.3 Å². The lowest BCUT2D eigenvalue weighted by atomic mass is 10.0. The zero-order valence-electron chi connectivity index (χ0n) is 17.1. The van der Waals surface area contributed by atoms with Gasteiger partial charge in [-0.05, 0) is 30.2 Å². The summed E-state index contributed by atoms with van der Waals surface area (Å²) in [6.45, 7) is 0.134. The third-order valence-electron chi connectivity index (χ3n) is 5.38. The van der Waals surface area contributed by atoms with Gasteiger partial charge in [0.05, 0.1) is 23.9 Å². The predicted octanol–water partition coefficient (Wildman–Crippen LogP) is 1.42. The van der Waals surface area contributed by atoms with Gasteiger partial charge in [0.2, 0.25) is 11.8 Å². The highest BCUT2D eigenvalue weighted by molar-refractivity contribution is 6.15. The molecule has 0 radical (unpaired) electrons. The van der Waals surface area contributed by atoms with Crippen molar-refractivity contribution in [3.05, 3.63) is 59.2 Å². The number of nitrogens with one attached hydrogen (secondary N) is 3. The molecule has 2 aromatic carbocycles. The van der Waals surface area contributed by atoms with Crippen LogP contribution in [0.1, 0.15) is 39.1 Å². The van der Waals surface area contributed by atoms with Crippen LogP contribution < -0.4 is 20.7 Å². The van der Waals surface area contributed by atoms with Gasteiger partial charge in [-0.3, -0.25) is 29.8 Å². The Morgan fingerprint density at radius 1 is 1.09 bits per heavy atom. The first-order chi connectivity index (χ1) is 15.4. The summed E-state index contributed by atoms with van der Waals surface area (Å²) in [5, 5.41) is 6.99. The highest BCUT2D eigenvalue weighted by Gasteiger charge is 2.40. The average Bonchev–Trinajstić information content (AvgIpc) is 3.10. The summed E-state index contributed by atoms with van der Waals surface area (Å²) in [4.78, 5) is 63.2. The maximum Gasteiger partial charge on any atom is 0.326 e. The Kier molecular flexibility index (Phi) is 5.59. The van der Waals surface area contributed by atoms with Crippen molar-refractivity contribution in [3.63, 3.8) is 0 Å². The van der Waals surface area contributed by atoms with Crippen LogP contribution in [0.4, 0.5) is 10.5 Å². The topological polar surface area (TPSA) is 134 Å². The van der Waals surface area contributed by atoms with Gasteiger partial charge < -0.3 is 15.0 Å². The predicted molar refractivity (Wildman–Crippen MR) is 112 cm³/mol. The first-order valence-corrected chi connectivity index (χ1v) is 9.91. The minimum Gasteiger partial charge on any atom is -0.495 e. The molecule has 1 fully saturated rings. The molecule has 6 amide bonds. The van der Waals surface area contributed by atoms with E-state index in [9.17, 15) is 24.0 Å². The molecule has 2 aliphatic rings. The van der Waals surface area contributed by atoms with E-state index in [1.54, 1.807) is 36.4 Å². The number of hydrogen-bond donors (Lipinski definition) is 3. The third kappa shape index (κ3) is 3.89. The van der Waals surface area contributed by atoms with Gasteiger partial charge in [0.1, 0.15) is 11.8 Å². The molecule has 32 heavy (non-hydrogen) atoms. The van der Waals surface area contributed by atoms with Gasteiger partial charge in [-0.15, -0.1) is 0 Å². The number of piperidine rings is 1. The van der Waals surface area contributed by atoms with E-state index in [-0.39, 0.29) is 36.4 Å². The van der Waals surface area contributed by atoms with E-state index in [1.165, 1.54) is 18.1 Å². The van der Waals surface area contributed by atoms with Crippen molar-refractivity contribution in [1.82, 2.24) is 15.5 Å². The van der Waals surface area contributed by atoms with Gasteiger partial charge in [-0.2, -0.15) is 0 Å². The second kappa shape index (κ2) is 8.50. The first kappa shape index (κ1) is 21.0. The Bertz CT molecular complexity index is 1140. The van der Waals surface area contributed by atoms with Gasteiger partial charge in [-0.25, -0.2) is 4.79 Å². The molecule has 0 bridgehead atoms. The largest absolute Gasteiger partial charge is 0.495 e. The summed E-state index contributed by atoms with van der Waals surface area (Å²) >= 11 is 0. The number of methoxy groups -OCH3 is 1. The molecule has 0 aliphatic carbocycles. The number of carbonyl (C=O) groups is 5. The maximum atomic E-state index is 13.1. The molecule has 0 spiro atoms. The molecular weight excluding hydrogens is 416 g/mol. The van der Waals surface area contributed by atoms with Crippen molar-refractivity contribution in [2.45, 2.75) is 25.4 Å². The minimum atomic E-state index is -0.794. The van der Waals surface area contributed by atoms with Crippen LogP contribution in [0.5, 0.6) is 5.75 Å². The van der Waals surface area contributed by atoms with Crippen LogP contribution in [0, 0.1) is 0 Å². The number of para-hydroxylation sites is 2. The zero-order valence-corrected chi connectivity index (χ0v) is 17.1. The summed E-state index contributed by atoms with van der Waals surface area (Å²) in [5.41, 5.74) is 1.11. The second-order valence-corrected chi connectivity index (χ2v) is 7.35. The average molecular weight is 436 g/mol. The lowest BCUT2D eigenvalue weighted by Crippen LogP contribution is -2.52. The smallest absolute Gasteiger partial charge is 0.326 e. The number of fused-ring (bicyclic) bond motifs is 1. The van der Waals surface area contributed by atoms with Crippen molar-refractivity contribution in [2.24, 2.45) is 0 Å². The molecule has 164 valence electrons. The van der Waals surface area contributed by atoms with Crippen LogP contribution in [0.25, 0.3) is 0 Å². The number of hydrogen-bond acceptors (Lipinski definition) is 6. The highest BCUT2D eigenvalue weighted by atomic mass is 16.5. The molecule has 3 N–H and O–H groups in total. The number of nitrogens with zero attached hydrogens (tertiary/aromatic N) is 1. The van der Waals surface area contributed by atoms with E-state index in [1.807, 2.05) is 0 Å². The minimum absolute atomic E-state index is 0.0254. The van der Waals surface area contributed by atoms with Gasteiger partial charge in [0.15, 0.2) is 0 Å². The van der Waals surface area contributed by atoms with E-state index >= 15 is 0 Å². The molecule has 10 nitrogen and oxygen atoms in total. The van der Waals surface area contributed by atoms with Crippen molar-refractivity contribution in [1.29, 1.82) is 0 Å². The SMILES string of the molecule is COc1ccccc1NC(=O)NC(=O)c1cccc2c1C(=O)N(C1CCC(=O)NC1=O)C2. The Labute approximate surface area is 182 Å². The van der Waals surface area contributed by atoms with Crippen LogP contribution >= 0.6 is 0 Å². The van der Waals surface area contributed by atoms with E-state index in [0.29, 0.717) is 17.0 Å². The molecule has 0 aromatic heterocycles. The summed E-state index contributed by atoms with van der Waals surface area (Å²) in [6.07, 6.45) is 0.347. The van der Waals surface area contributed by atoms with Gasteiger partial charge >= 0.3 is 6.03 Å². The number of benzene rings is 2. The highest BCUT2D eigenvalue weighted by Crippen LogP contribution is 2.30. The van der Waals surface area contributed by atoms with Crippen LogP contribution in [0.2, 0.25) is 0 Å². The fourth-order valence-electron chi connectivity index (χ4n) is 3.88. The summed E-state index contributed by atoms with van der Waals surface area (Å²) in [7, 11) is 1.46. The molecule has 2 aromatic rings. The Morgan fingerprint density at radius 2 is 1.88 bits per heavy atom. The number of rotatable bonds is 4. The fourth-order valence-corrected chi connectivity index (χ4v) is 3.88. The number of amides is 6. The lowest BCUT2D eigenvalue weighted by molar-refractivity contribution is -0.136. The zero-order chi connectivity index (χ0) is 22.8. The summed E-state index contributed by atoms with van der Waals surface area (Å²) in [6, 6.07) is 9.86. The van der Waals surface area contributed by atoms with Crippen LogP contribution in [-0.4, -0.2) is 47.7 Å². The molecule has 10 heteroatoms. The first-order valence-electron chi connectivity index (χ1n) is 9.91. The van der Waals surface area contributed by atoms with E-state index in [4.69, 9.17) is 4.74 Å². The number of carbonyl (C=O) groups excluding carboxylic acids is 5. The Balaban J connectivity index is 1.51. The van der Waals surface area contributed by atoms with Crippen molar-refractivity contribution in [2.75, 3.05) is 12.4 Å². The molecule has 1 atom stereocenters. The Morgan fingerprint density at radius 3 is 2.62 bits per heavy atom.